The number of hydrazone groups is 1. The molecule has 4 nitrogen and oxygen atoms in total. The smallest absolute Gasteiger partial charge is 0.191 e. The highest BCUT2D eigenvalue weighted by atomic mass is 32.1. The van der Waals surface area contributed by atoms with Crippen LogP contribution in [0.3, 0.4) is 0 Å². The first kappa shape index (κ1) is 17.2. The first-order valence-electron chi connectivity index (χ1n) is 8.35. The van der Waals surface area contributed by atoms with Gasteiger partial charge in [-0.25, -0.2) is 0 Å². The molecular formula is C20H22N4S. The second-order valence-corrected chi connectivity index (χ2v) is 6.42. The van der Waals surface area contributed by atoms with Crippen LogP contribution in [0.4, 0.5) is 5.69 Å². The van der Waals surface area contributed by atoms with E-state index in [0.29, 0.717) is 5.11 Å². The predicted octanol–water partition coefficient (Wildman–Crippen LogP) is 4.67. The van der Waals surface area contributed by atoms with Crippen LogP contribution in [0.2, 0.25) is 0 Å². The maximum atomic E-state index is 5.33. The molecule has 0 aliphatic heterocycles. The van der Waals surface area contributed by atoms with Crippen molar-refractivity contribution in [1.29, 1.82) is 0 Å². The molecule has 0 saturated heterocycles. The summed E-state index contributed by atoms with van der Waals surface area (Å²) in [5.41, 5.74) is 9.79. The van der Waals surface area contributed by atoms with Crippen molar-refractivity contribution in [2.24, 2.45) is 5.10 Å². The fourth-order valence-corrected chi connectivity index (χ4v) is 3.00. The summed E-state index contributed by atoms with van der Waals surface area (Å²) in [7, 11) is 0. The molecule has 0 spiro atoms. The second kappa shape index (κ2) is 7.49. The van der Waals surface area contributed by atoms with E-state index >= 15 is 0 Å². The number of para-hydroxylation sites is 1. The Labute approximate surface area is 153 Å². The zero-order valence-electron chi connectivity index (χ0n) is 14.7. The molecule has 0 amide bonds. The van der Waals surface area contributed by atoms with E-state index in [1.165, 1.54) is 27.6 Å². The van der Waals surface area contributed by atoms with E-state index in [1.54, 1.807) is 6.21 Å². The van der Waals surface area contributed by atoms with Crippen molar-refractivity contribution in [3.8, 4) is 0 Å². The maximum Gasteiger partial charge on any atom is 0.191 e. The van der Waals surface area contributed by atoms with Gasteiger partial charge >= 0.3 is 0 Å². The van der Waals surface area contributed by atoms with E-state index in [0.717, 1.165) is 17.7 Å². The van der Waals surface area contributed by atoms with Crippen LogP contribution >= 0.6 is 12.2 Å². The Morgan fingerprint density at radius 3 is 2.80 bits per heavy atom. The molecule has 1 aromatic heterocycles. The van der Waals surface area contributed by atoms with Crippen molar-refractivity contribution in [3.63, 3.8) is 0 Å². The average molecular weight is 350 g/mol. The molecule has 25 heavy (non-hydrogen) atoms. The molecule has 0 saturated carbocycles. The van der Waals surface area contributed by atoms with Crippen molar-refractivity contribution in [1.82, 2.24) is 10.4 Å². The van der Waals surface area contributed by atoms with Crippen LogP contribution in [0.5, 0.6) is 0 Å². The van der Waals surface area contributed by atoms with Gasteiger partial charge in [0.05, 0.1) is 6.21 Å². The molecule has 0 atom stereocenters. The molecule has 0 fully saturated rings. The van der Waals surface area contributed by atoms with Gasteiger partial charge in [0.2, 0.25) is 0 Å². The number of fused-ring (bicyclic) bond motifs is 1. The lowest BCUT2D eigenvalue weighted by Crippen LogP contribution is -2.24. The number of H-pyrrole nitrogens is 1. The average Bonchev–Trinajstić information content (AvgIpc) is 3.02. The molecule has 0 unspecified atom stereocenters. The van der Waals surface area contributed by atoms with Gasteiger partial charge < -0.3 is 10.3 Å². The van der Waals surface area contributed by atoms with E-state index < -0.39 is 0 Å². The molecule has 0 bridgehead atoms. The van der Waals surface area contributed by atoms with Gasteiger partial charge in [0.25, 0.3) is 0 Å². The lowest BCUT2D eigenvalue weighted by Gasteiger charge is -2.11. The highest BCUT2D eigenvalue weighted by molar-refractivity contribution is 7.80. The maximum absolute atomic E-state index is 5.33. The highest BCUT2D eigenvalue weighted by Crippen LogP contribution is 2.21. The summed E-state index contributed by atoms with van der Waals surface area (Å²) in [6.07, 6.45) is 4.75. The topological polar surface area (TPSA) is 52.2 Å². The van der Waals surface area contributed by atoms with E-state index in [-0.39, 0.29) is 0 Å². The Kier molecular flexibility index (Phi) is 5.14. The molecule has 3 N–H and O–H groups in total. The Balaban J connectivity index is 1.69. The first-order chi connectivity index (χ1) is 12.1. The van der Waals surface area contributed by atoms with Crippen molar-refractivity contribution < 1.29 is 0 Å². The van der Waals surface area contributed by atoms with Crippen LogP contribution in [0.25, 0.3) is 10.9 Å². The molecule has 0 aliphatic rings. The number of hydrogen-bond acceptors (Lipinski definition) is 2. The largest absolute Gasteiger partial charge is 0.360 e. The number of aryl methyl sites for hydroxylation is 2. The summed E-state index contributed by atoms with van der Waals surface area (Å²) >= 11 is 5.33. The van der Waals surface area contributed by atoms with Gasteiger partial charge in [-0.05, 0) is 55.2 Å². The van der Waals surface area contributed by atoms with Crippen LogP contribution in [0.1, 0.15) is 29.2 Å². The quantitative estimate of drug-likeness (QED) is 0.364. The third-order valence-corrected chi connectivity index (χ3v) is 4.63. The van der Waals surface area contributed by atoms with Gasteiger partial charge in [-0.15, -0.1) is 0 Å². The molecule has 5 heteroatoms. The van der Waals surface area contributed by atoms with Crippen molar-refractivity contribution in [2.75, 3.05) is 5.32 Å². The molecule has 128 valence electrons. The number of nitrogens with one attached hydrogen (secondary N) is 3. The van der Waals surface area contributed by atoms with E-state index in [4.69, 9.17) is 12.2 Å². The molecule has 0 radical (unpaired) electrons. The van der Waals surface area contributed by atoms with Gasteiger partial charge in [0, 0.05) is 28.4 Å². The van der Waals surface area contributed by atoms with Crippen molar-refractivity contribution >= 4 is 40.1 Å². The zero-order chi connectivity index (χ0) is 17.8. The lowest BCUT2D eigenvalue weighted by molar-refractivity contribution is 1.05. The summed E-state index contributed by atoms with van der Waals surface area (Å²) in [4.78, 5) is 3.33. The van der Waals surface area contributed by atoms with Gasteiger partial charge in [-0.2, -0.15) is 5.10 Å². The van der Waals surface area contributed by atoms with E-state index in [2.05, 4.69) is 65.9 Å². The number of aromatic nitrogens is 1. The van der Waals surface area contributed by atoms with Crippen LogP contribution in [-0.4, -0.2) is 16.3 Å². The number of thiocarbonyl (C=S) groups is 1. The summed E-state index contributed by atoms with van der Waals surface area (Å²) in [6.45, 7) is 6.31. The Hall–Kier alpha value is -2.66. The van der Waals surface area contributed by atoms with Crippen LogP contribution in [-0.2, 0) is 6.42 Å². The Morgan fingerprint density at radius 1 is 1.20 bits per heavy atom. The predicted molar refractivity (Wildman–Crippen MR) is 111 cm³/mol. The van der Waals surface area contributed by atoms with Crippen molar-refractivity contribution in [3.05, 3.63) is 64.8 Å². The molecular weight excluding hydrogens is 328 g/mol. The number of benzene rings is 2. The summed E-state index contributed by atoms with van der Waals surface area (Å²) in [6, 6.07) is 12.4. The first-order valence-corrected chi connectivity index (χ1v) is 8.76. The SMILES string of the molecule is CCc1cccc2c(/C=N/NC(=S)Nc3cccc(C)c3C)c[nH]c12. The standard InChI is InChI=1S/C20H22N4S/c1-4-15-8-6-9-17-16(11-21-19(15)17)12-22-24-20(25)23-18-10-5-7-13(2)14(18)3/h5-12,21H,4H2,1-3H3,(H2,23,24,25)/b22-12+. The Morgan fingerprint density at radius 2 is 2.00 bits per heavy atom. The number of nitrogens with zero attached hydrogens (tertiary/aromatic N) is 1. The summed E-state index contributed by atoms with van der Waals surface area (Å²) in [5, 5.41) is 9.09. The number of rotatable bonds is 4. The monoisotopic (exact) mass is 350 g/mol. The minimum absolute atomic E-state index is 0.471. The number of aromatic amines is 1. The fraction of sp³-hybridized carbons (Fsp3) is 0.200. The molecule has 3 rings (SSSR count). The molecule has 2 aromatic carbocycles. The zero-order valence-corrected chi connectivity index (χ0v) is 15.5. The molecule has 0 aliphatic carbocycles. The fourth-order valence-electron chi connectivity index (χ4n) is 2.84. The van der Waals surface area contributed by atoms with E-state index in [9.17, 15) is 0 Å². The minimum atomic E-state index is 0.471. The van der Waals surface area contributed by atoms with Gasteiger partial charge in [0.15, 0.2) is 5.11 Å². The molecule has 1 heterocycles. The van der Waals surface area contributed by atoms with Gasteiger partial charge in [0.1, 0.15) is 0 Å². The highest BCUT2D eigenvalue weighted by Gasteiger charge is 2.05. The third kappa shape index (κ3) is 3.72. The number of anilines is 1. The Bertz CT molecular complexity index is 940. The molecule has 3 aromatic rings. The summed E-state index contributed by atoms with van der Waals surface area (Å²) in [5.74, 6) is 0. The van der Waals surface area contributed by atoms with Gasteiger partial charge in [-0.3, -0.25) is 5.43 Å². The summed E-state index contributed by atoms with van der Waals surface area (Å²) < 4.78 is 0. The normalized spacial score (nSPS) is 11.2. The van der Waals surface area contributed by atoms with Gasteiger partial charge in [-0.1, -0.05) is 37.3 Å². The van der Waals surface area contributed by atoms with E-state index in [1.807, 2.05) is 18.3 Å². The van der Waals surface area contributed by atoms with Crippen LogP contribution < -0.4 is 10.7 Å². The second-order valence-electron chi connectivity index (χ2n) is 6.01. The minimum Gasteiger partial charge on any atom is -0.360 e. The lowest BCUT2D eigenvalue weighted by atomic mass is 10.1. The number of hydrogen-bond donors (Lipinski definition) is 3. The van der Waals surface area contributed by atoms with Crippen LogP contribution in [0.15, 0.2) is 47.7 Å². The van der Waals surface area contributed by atoms with Crippen LogP contribution in [0, 0.1) is 13.8 Å². The third-order valence-electron chi connectivity index (χ3n) is 4.44. The van der Waals surface area contributed by atoms with Crippen molar-refractivity contribution in [2.45, 2.75) is 27.2 Å².